The molecule has 2 aromatic rings. The Hall–Kier alpha value is -2.01. The van der Waals surface area contributed by atoms with Gasteiger partial charge in [0.15, 0.2) is 0 Å². The summed E-state index contributed by atoms with van der Waals surface area (Å²) in [6, 6.07) is 5.15. The van der Waals surface area contributed by atoms with Crippen molar-refractivity contribution in [2.45, 2.75) is 26.8 Å². The summed E-state index contributed by atoms with van der Waals surface area (Å²) >= 11 is 5.97. The molecule has 0 aliphatic rings. The predicted molar refractivity (Wildman–Crippen MR) is 83.0 cm³/mol. The van der Waals surface area contributed by atoms with Crippen LogP contribution in [0.25, 0.3) is 0 Å². The van der Waals surface area contributed by atoms with Crippen molar-refractivity contribution in [1.29, 1.82) is 0 Å². The number of aryl methyl sites for hydroxylation is 1. The van der Waals surface area contributed by atoms with E-state index >= 15 is 0 Å². The van der Waals surface area contributed by atoms with Gasteiger partial charge in [-0.05, 0) is 38.5 Å². The number of methoxy groups -OCH3 is 1. The summed E-state index contributed by atoms with van der Waals surface area (Å²) in [7, 11) is 1.57. The molecule has 0 aliphatic heterocycles. The van der Waals surface area contributed by atoms with E-state index < -0.39 is 6.04 Å². The lowest BCUT2D eigenvalue weighted by molar-refractivity contribution is -0.119. The largest absolute Gasteiger partial charge is 0.495 e. The second-order valence-corrected chi connectivity index (χ2v) is 5.30. The van der Waals surface area contributed by atoms with E-state index in [1.807, 2.05) is 32.0 Å². The molecule has 1 atom stereocenters. The molecular formula is C15H18ClN3O2. The number of hydrogen-bond acceptors (Lipinski definition) is 3. The van der Waals surface area contributed by atoms with Crippen molar-refractivity contribution >= 4 is 23.2 Å². The van der Waals surface area contributed by atoms with Crippen molar-refractivity contribution in [1.82, 2.24) is 9.78 Å². The average Bonchev–Trinajstić information content (AvgIpc) is 2.78. The summed E-state index contributed by atoms with van der Waals surface area (Å²) < 4.78 is 6.85. The van der Waals surface area contributed by atoms with Crippen LogP contribution in [0.2, 0.25) is 5.02 Å². The summed E-state index contributed by atoms with van der Waals surface area (Å²) in [5, 5.41) is 7.54. The third kappa shape index (κ3) is 3.19. The highest BCUT2D eigenvalue weighted by atomic mass is 35.5. The van der Waals surface area contributed by atoms with Crippen LogP contribution in [0.4, 0.5) is 5.69 Å². The van der Waals surface area contributed by atoms with Gasteiger partial charge in [0, 0.05) is 0 Å². The molecule has 1 aromatic heterocycles. The van der Waals surface area contributed by atoms with E-state index in [9.17, 15) is 4.79 Å². The maximum atomic E-state index is 12.4. The van der Waals surface area contributed by atoms with Crippen molar-refractivity contribution in [3.63, 3.8) is 0 Å². The van der Waals surface area contributed by atoms with Crippen LogP contribution in [0.1, 0.15) is 24.2 Å². The SMILES string of the molecule is COc1ccc(C)cc1NC(=O)C(C)n1ncc(Cl)c1C. The van der Waals surface area contributed by atoms with Gasteiger partial charge >= 0.3 is 0 Å². The molecule has 1 heterocycles. The number of amides is 1. The standard InChI is InChI=1S/C15H18ClN3O2/c1-9-5-6-14(21-4)13(7-9)18-15(20)11(3)19-10(2)12(16)8-17-19/h5-8,11H,1-4H3,(H,18,20). The number of nitrogens with one attached hydrogen (secondary N) is 1. The second kappa shape index (κ2) is 6.18. The molecule has 1 N–H and O–H groups in total. The second-order valence-electron chi connectivity index (χ2n) is 4.89. The normalized spacial score (nSPS) is 12.0. The Bertz CT molecular complexity index is 667. The van der Waals surface area contributed by atoms with Gasteiger partial charge < -0.3 is 10.1 Å². The maximum absolute atomic E-state index is 12.4. The van der Waals surface area contributed by atoms with E-state index in [2.05, 4.69) is 10.4 Å². The summed E-state index contributed by atoms with van der Waals surface area (Å²) in [5.41, 5.74) is 2.44. The van der Waals surface area contributed by atoms with Gasteiger partial charge in [-0.2, -0.15) is 5.10 Å². The van der Waals surface area contributed by atoms with Gasteiger partial charge in [-0.3, -0.25) is 9.48 Å². The number of anilines is 1. The van der Waals surface area contributed by atoms with Crippen LogP contribution in [0, 0.1) is 13.8 Å². The summed E-state index contributed by atoms with van der Waals surface area (Å²) in [6.07, 6.45) is 1.54. The third-order valence-corrected chi connectivity index (χ3v) is 3.72. The molecule has 0 saturated heterocycles. The fraction of sp³-hybridized carbons (Fsp3) is 0.333. The molecule has 112 valence electrons. The average molecular weight is 308 g/mol. The highest BCUT2D eigenvalue weighted by Crippen LogP contribution is 2.26. The minimum absolute atomic E-state index is 0.179. The quantitative estimate of drug-likeness (QED) is 0.942. The molecule has 0 aliphatic carbocycles. The number of nitrogens with zero attached hydrogens (tertiary/aromatic N) is 2. The molecule has 0 spiro atoms. The van der Waals surface area contributed by atoms with Gasteiger partial charge in [-0.25, -0.2) is 0 Å². The highest BCUT2D eigenvalue weighted by Gasteiger charge is 2.20. The van der Waals surface area contributed by atoms with Crippen molar-refractivity contribution in [2.75, 3.05) is 12.4 Å². The summed E-state index contributed by atoms with van der Waals surface area (Å²) in [5.74, 6) is 0.443. The van der Waals surface area contributed by atoms with Gasteiger partial charge in [-0.1, -0.05) is 17.7 Å². The Kier molecular flexibility index (Phi) is 4.53. The number of ether oxygens (including phenoxy) is 1. The molecule has 2 rings (SSSR count). The predicted octanol–water partition coefficient (Wildman–Crippen LogP) is 3.36. The first kappa shape index (κ1) is 15.4. The van der Waals surface area contributed by atoms with Crippen molar-refractivity contribution in [3.05, 3.63) is 40.7 Å². The van der Waals surface area contributed by atoms with Gasteiger partial charge in [0.25, 0.3) is 0 Å². The van der Waals surface area contributed by atoms with Crippen LogP contribution in [0.15, 0.2) is 24.4 Å². The molecule has 6 heteroatoms. The first-order chi connectivity index (χ1) is 9.93. The summed E-state index contributed by atoms with van der Waals surface area (Å²) in [6.45, 7) is 5.55. The smallest absolute Gasteiger partial charge is 0.249 e. The van der Waals surface area contributed by atoms with Crippen LogP contribution >= 0.6 is 11.6 Å². The molecule has 0 fully saturated rings. The molecule has 5 nitrogen and oxygen atoms in total. The van der Waals surface area contributed by atoms with E-state index in [1.54, 1.807) is 18.7 Å². The Morgan fingerprint density at radius 2 is 2.14 bits per heavy atom. The molecule has 0 saturated carbocycles. The zero-order valence-corrected chi connectivity index (χ0v) is 13.2. The van der Waals surface area contributed by atoms with E-state index in [-0.39, 0.29) is 5.91 Å². The van der Waals surface area contributed by atoms with Crippen LogP contribution in [0.5, 0.6) is 5.75 Å². The number of carbonyl (C=O) groups excluding carboxylic acids is 1. The topological polar surface area (TPSA) is 56.1 Å². The highest BCUT2D eigenvalue weighted by molar-refractivity contribution is 6.31. The lowest BCUT2D eigenvalue weighted by atomic mass is 10.2. The number of benzene rings is 1. The third-order valence-electron chi connectivity index (χ3n) is 3.34. The number of rotatable bonds is 4. The Balaban J connectivity index is 2.22. The molecule has 0 radical (unpaired) electrons. The first-order valence-electron chi connectivity index (χ1n) is 6.59. The van der Waals surface area contributed by atoms with Crippen LogP contribution in [0.3, 0.4) is 0 Å². The number of hydrogen-bond donors (Lipinski definition) is 1. The Morgan fingerprint density at radius 1 is 1.43 bits per heavy atom. The minimum atomic E-state index is -0.470. The van der Waals surface area contributed by atoms with Crippen LogP contribution in [-0.4, -0.2) is 22.8 Å². The lowest BCUT2D eigenvalue weighted by Gasteiger charge is -2.16. The van der Waals surface area contributed by atoms with Gasteiger partial charge in [0.1, 0.15) is 11.8 Å². The van der Waals surface area contributed by atoms with Gasteiger partial charge in [-0.15, -0.1) is 0 Å². The van der Waals surface area contributed by atoms with Crippen molar-refractivity contribution in [3.8, 4) is 5.75 Å². The maximum Gasteiger partial charge on any atom is 0.249 e. The molecular weight excluding hydrogens is 290 g/mol. The van der Waals surface area contributed by atoms with Crippen molar-refractivity contribution in [2.24, 2.45) is 0 Å². The fourth-order valence-corrected chi connectivity index (χ4v) is 2.19. The van der Waals surface area contributed by atoms with E-state index in [1.165, 1.54) is 6.20 Å². The Morgan fingerprint density at radius 3 is 2.71 bits per heavy atom. The lowest BCUT2D eigenvalue weighted by Crippen LogP contribution is -2.25. The minimum Gasteiger partial charge on any atom is -0.495 e. The number of carbonyl (C=O) groups is 1. The fourth-order valence-electron chi connectivity index (χ4n) is 2.06. The van der Waals surface area contributed by atoms with Crippen LogP contribution in [-0.2, 0) is 4.79 Å². The molecule has 1 aromatic carbocycles. The van der Waals surface area contributed by atoms with Crippen molar-refractivity contribution < 1.29 is 9.53 Å². The van der Waals surface area contributed by atoms with E-state index in [4.69, 9.17) is 16.3 Å². The molecule has 1 amide bonds. The number of halogens is 1. The summed E-state index contributed by atoms with van der Waals surface area (Å²) in [4.78, 5) is 12.4. The van der Waals surface area contributed by atoms with E-state index in [0.717, 1.165) is 11.3 Å². The number of aromatic nitrogens is 2. The van der Waals surface area contributed by atoms with Crippen LogP contribution < -0.4 is 10.1 Å². The van der Waals surface area contributed by atoms with Gasteiger partial charge in [0.05, 0.1) is 29.7 Å². The molecule has 1 unspecified atom stereocenters. The molecule has 21 heavy (non-hydrogen) atoms. The monoisotopic (exact) mass is 307 g/mol. The zero-order chi connectivity index (χ0) is 15.6. The first-order valence-corrected chi connectivity index (χ1v) is 6.97. The van der Waals surface area contributed by atoms with E-state index in [0.29, 0.717) is 16.5 Å². The Labute approximate surface area is 128 Å². The molecule has 0 bridgehead atoms. The van der Waals surface area contributed by atoms with Gasteiger partial charge in [0.2, 0.25) is 5.91 Å². The zero-order valence-electron chi connectivity index (χ0n) is 12.5.